The lowest BCUT2D eigenvalue weighted by atomic mass is 10.0. The van der Waals surface area contributed by atoms with E-state index in [0.717, 1.165) is 0 Å². The second kappa shape index (κ2) is 28.4. The summed E-state index contributed by atoms with van der Waals surface area (Å²) in [6.45, 7) is 4.60. The normalized spacial score (nSPS) is 10.4. The Morgan fingerprint density at radius 3 is 0.520 bits per heavy atom. The summed E-state index contributed by atoms with van der Waals surface area (Å²) in [5, 5.41) is 0. The Balaban J connectivity index is 0. The van der Waals surface area contributed by atoms with Crippen molar-refractivity contribution in [1.29, 1.82) is 0 Å². The van der Waals surface area contributed by atoms with Crippen molar-refractivity contribution in [2.24, 2.45) is 0 Å². The Morgan fingerprint density at radius 1 is 0.280 bits per heavy atom. The van der Waals surface area contributed by atoms with Gasteiger partial charge in [-0.1, -0.05) is 149 Å². The highest BCUT2D eigenvalue weighted by Gasteiger charge is 1.95. The average molecular weight is 351 g/mol. The summed E-state index contributed by atoms with van der Waals surface area (Å²) in [5.41, 5.74) is 0. The minimum Gasteiger partial charge on any atom is -0.124 e. The van der Waals surface area contributed by atoms with Crippen LogP contribution in [-0.4, -0.2) is 0 Å². The summed E-state index contributed by atoms with van der Waals surface area (Å²) < 4.78 is 0. The van der Waals surface area contributed by atoms with E-state index < -0.39 is 0 Å². The molecule has 0 aromatic heterocycles. The molecule has 0 unspecified atom stereocenters. The van der Waals surface area contributed by atoms with E-state index in [1.54, 1.807) is 0 Å². The minimum atomic E-state index is 1.37. The van der Waals surface area contributed by atoms with Gasteiger partial charge in [-0.15, -0.1) is 12.8 Å². The molecule has 0 heteroatoms. The second-order valence-corrected chi connectivity index (χ2v) is 7.72. The van der Waals surface area contributed by atoms with Gasteiger partial charge in [-0.3, -0.25) is 0 Å². The fraction of sp³-hybridized carbons (Fsp3) is 0.920. The van der Waals surface area contributed by atoms with Crippen LogP contribution in [0.25, 0.3) is 0 Å². The van der Waals surface area contributed by atoms with E-state index in [1.807, 2.05) is 0 Å². The Hall–Kier alpha value is -0.440. The molecule has 0 aliphatic rings. The molecule has 0 aliphatic heterocycles. The molecule has 0 aromatic carbocycles. The molecule has 0 bridgehead atoms. The smallest absolute Gasteiger partial charge is 0.0533 e. The highest BCUT2D eigenvalue weighted by atomic mass is 14.0. The first-order valence-electron chi connectivity index (χ1n) is 11.7. The standard InChI is InChI=1S/C23H48.C2H2/c1-3-5-7-9-11-13-15-17-19-21-23-22-20-18-16-14-12-10-8-6-4-2;1-2/h3-23H2,1-2H3;1-2H. The maximum absolute atomic E-state index is 4.00. The van der Waals surface area contributed by atoms with Crippen LogP contribution in [0.15, 0.2) is 0 Å². The highest BCUT2D eigenvalue weighted by Crippen LogP contribution is 2.14. The molecule has 0 saturated heterocycles. The molecule has 0 amide bonds. The van der Waals surface area contributed by atoms with Gasteiger partial charge in [0.15, 0.2) is 0 Å². The summed E-state index contributed by atoms with van der Waals surface area (Å²) in [7, 11) is 0. The number of unbranched alkanes of at least 4 members (excludes halogenated alkanes) is 20. The largest absolute Gasteiger partial charge is 0.124 e. The van der Waals surface area contributed by atoms with Gasteiger partial charge < -0.3 is 0 Å². The van der Waals surface area contributed by atoms with Gasteiger partial charge in [0.2, 0.25) is 0 Å². The fourth-order valence-corrected chi connectivity index (χ4v) is 3.51. The van der Waals surface area contributed by atoms with Crippen LogP contribution < -0.4 is 0 Å². The first-order valence-corrected chi connectivity index (χ1v) is 11.7. The van der Waals surface area contributed by atoms with Crippen LogP contribution in [0.2, 0.25) is 0 Å². The molecule has 0 heterocycles. The predicted octanol–water partition coefficient (Wildman–Crippen LogP) is 9.47. The van der Waals surface area contributed by atoms with Crippen molar-refractivity contribution >= 4 is 0 Å². The summed E-state index contributed by atoms with van der Waals surface area (Å²) in [4.78, 5) is 0. The lowest BCUT2D eigenvalue weighted by Crippen LogP contribution is -1.84. The van der Waals surface area contributed by atoms with Crippen molar-refractivity contribution in [3.63, 3.8) is 0 Å². The van der Waals surface area contributed by atoms with Gasteiger partial charge in [-0.25, -0.2) is 0 Å². The minimum absolute atomic E-state index is 1.37. The molecule has 150 valence electrons. The van der Waals surface area contributed by atoms with Crippen LogP contribution in [0.5, 0.6) is 0 Å². The zero-order chi connectivity index (χ0) is 18.8. The van der Waals surface area contributed by atoms with Gasteiger partial charge >= 0.3 is 0 Å². The van der Waals surface area contributed by atoms with E-state index in [1.165, 1.54) is 135 Å². The molecule has 0 aromatic rings. The summed E-state index contributed by atoms with van der Waals surface area (Å²) in [6, 6.07) is 0. The zero-order valence-electron chi connectivity index (χ0n) is 18.0. The molecular weight excluding hydrogens is 300 g/mol. The van der Waals surface area contributed by atoms with Crippen LogP contribution in [0.3, 0.4) is 0 Å². The molecule has 0 N–H and O–H groups in total. The number of terminal acetylenes is 1. The Kier molecular flexibility index (Phi) is 30.4. The second-order valence-electron chi connectivity index (χ2n) is 7.72. The van der Waals surface area contributed by atoms with Gasteiger partial charge in [0.1, 0.15) is 0 Å². The van der Waals surface area contributed by atoms with E-state index in [9.17, 15) is 0 Å². The van der Waals surface area contributed by atoms with E-state index in [2.05, 4.69) is 26.7 Å². The Labute approximate surface area is 162 Å². The molecule has 0 aliphatic carbocycles. The lowest BCUT2D eigenvalue weighted by molar-refractivity contribution is 0.521. The van der Waals surface area contributed by atoms with Crippen LogP contribution in [0.1, 0.15) is 149 Å². The van der Waals surface area contributed by atoms with Gasteiger partial charge in [-0.2, -0.15) is 0 Å². The van der Waals surface area contributed by atoms with E-state index >= 15 is 0 Å². The zero-order valence-corrected chi connectivity index (χ0v) is 18.0. The van der Waals surface area contributed by atoms with Crippen molar-refractivity contribution in [2.75, 3.05) is 0 Å². The van der Waals surface area contributed by atoms with E-state index in [0.29, 0.717) is 0 Å². The van der Waals surface area contributed by atoms with Crippen LogP contribution >= 0.6 is 0 Å². The maximum Gasteiger partial charge on any atom is -0.0533 e. The third-order valence-corrected chi connectivity index (χ3v) is 5.21. The number of hydrogen-bond donors (Lipinski definition) is 0. The van der Waals surface area contributed by atoms with Crippen molar-refractivity contribution in [3.05, 3.63) is 0 Å². The van der Waals surface area contributed by atoms with Crippen molar-refractivity contribution in [3.8, 4) is 12.8 Å². The predicted molar refractivity (Wildman–Crippen MR) is 118 cm³/mol. The molecular formula is C25H50. The summed E-state index contributed by atoms with van der Waals surface area (Å²) in [6.07, 6.45) is 38.9. The quantitative estimate of drug-likeness (QED) is 0.151. The van der Waals surface area contributed by atoms with Gasteiger partial charge in [-0.05, 0) is 0 Å². The molecule has 0 saturated carbocycles. The summed E-state index contributed by atoms with van der Waals surface area (Å²) in [5.74, 6) is 0. The first-order chi connectivity index (χ1) is 12.4. The molecule has 0 nitrogen and oxygen atoms in total. The molecule has 0 radical (unpaired) electrons. The van der Waals surface area contributed by atoms with Gasteiger partial charge in [0.25, 0.3) is 0 Å². The van der Waals surface area contributed by atoms with E-state index in [-0.39, 0.29) is 0 Å². The molecule has 0 fully saturated rings. The molecule has 0 rings (SSSR count). The number of hydrogen-bond acceptors (Lipinski definition) is 0. The third-order valence-electron chi connectivity index (χ3n) is 5.21. The fourth-order valence-electron chi connectivity index (χ4n) is 3.51. The Morgan fingerprint density at radius 2 is 0.400 bits per heavy atom. The third kappa shape index (κ3) is 28.6. The van der Waals surface area contributed by atoms with Crippen LogP contribution in [0, 0.1) is 12.8 Å². The van der Waals surface area contributed by atoms with Crippen LogP contribution in [0.4, 0.5) is 0 Å². The Bertz CT molecular complexity index is 195. The lowest BCUT2D eigenvalue weighted by Gasteiger charge is -2.04. The van der Waals surface area contributed by atoms with Gasteiger partial charge in [0.05, 0.1) is 0 Å². The van der Waals surface area contributed by atoms with Crippen molar-refractivity contribution in [2.45, 2.75) is 149 Å². The first kappa shape index (κ1) is 26.8. The van der Waals surface area contributed by atoms with Crippen LogP contribution in [-0.2, 0) is 0 Å². The van der Waals surface area contributed by atoms with E-state index in [4.69, 9.17) is 0 Å². The van der Waals surface area contributed by atoms with Gasteiger partial charge in [0, 0.05) is 0 Å². The van der Waals surface area contributed by atoms with Crippen molar-refractivity contribution in [1.82, 2.24) is 0 Å². The molecule has 25 heavy (non-hydrogen) atoms. The average Bonchev–Trinajstić information content (AvgIpc) is 2.65. The summed E-state index contributed by atoms with van der Waals surface area (Å²) >= 11 is 0. The maximum atomic E-state index is 4.00. The SMILES string of the molecule is C#C.CCCCCCCCCCCCCCCCCCCCCCC. The highest BCUT2D eigenvalue weighted by molar-refractivity contribution is 4.50. The number of rotatable bonds is 20. The van der Waals surface area contributed by atoms with Crippen molar-refractivity contribution < 1.29 is 0 Å². The topological polar surface area (TPSA) is 0 Å². The monoisotopic (exact) mass is 350 g/mol. The molecule has 0 spiro atoms. The molecule has 0 atom stereocenters.